The fraction of sp³-hybridized carbons (Fsp3) is 1.00. The molecule has 0 bridgehead atoms. The highest BCUT2D eigenvalue weighted by Gasteiger charge is 2.19. The molecule has 1 fully saturated rings. The van der Waals surface area contributed by atoms with Gasteiger partial charge in [0.25, 0.3) is 0 Å². The molecule has 1 saturated heterocycles. The summed E-state index contributed by atoms with van der Waals surface area (Å²) in [5.74, 6) is 0. The molecule has 60 valence electrons. The van der Waals surface area contributed by atoms with E-state index in [4.69, 9.17) is 0 Å². The zero-order valence-corrected chi connectivity index (χ0v) is 7.03. The summed E-state index contributed by atoms with van der Waals surface area (Å²) in [5, 5.41) is 0. The van der Waals surface area contributed by atoms with E-state index in [2.05, 4.69) is 12.7 Å². The Morgan fingerprint density at radius 2 is 1.90 bits per heavy atom. The zero-order chi connectivity index (χ0) is 7.40. The van der Waals surface area contributed by atoms with Crippen molar-refractivity contribution in [2.45, 2.75) is 32.2 Å². The van der Waals surface area contributed by atoms with E-state index in [-0.39, 0.29) is 0 Å². The Morgan fingerprint density at radius 1 is 1.30 bits per heavy atom. The predicted molar refractivity (Wildman–Crippen MR) is 41.8 cm³/mol. The van der Waals surface area contributed by atoms with Crippen LogP contribution >= 0.6 is 0 Å². The molecule has 2 heteroatoms. The van der Waals surface area contributed by atoms with Crippen LogP contribution in [0.15, 0.2) is 0 Å². The molecule has 4 N–H and O–H groups in total. The molecule has 0 unspecified atom stereocenters. The van der Waals surface area contributed by atoms with E-state index < -0.39 is 0 Å². The van der Waals surface area contributed by atoms with Crippen LogP contribution in [-0.4, -0.2) is 25.7 Å². The summed E-state index contributed by atoms with van der Waals surface area (Å²) >= 11 is 0. The second-order valence-corrected chi connectivity index (χ2v) is 3.41. The molecule has 1 heterocycles. The van der Waals surface area contributed by atoms with Crippen LogP contribution in [0.1, 0.15) is 26.2 Å². The molecular weight excluding hydrogens is 124 g/mol. The minimum atomic E-state index is 0.792. The number of piperidine rings is 1. The van der Waals surface area contributed by atoms with Gasteiger partial charge in [0.05, 0.1) is 13.1 Å². The van der Waals surface area contributed by atoms with Gasteiger partial charge < -0.3 is 10.6 Å². The van der Waals surface area contributed by atoms with Crippen LogP contribution in [-0.2, 0) is 0 Å². The summed E-state index contributed by atoms with van der Waals surface area (Å²) in [5.41, 5.74) is 3.94. The number of rotatable bonds is 2. The van der Waals surface area contributed by atoms with E-state index in [0.29, 0.717) is 0 Å². The van der Waals surface area contributed by atoms with Crippen LogP contribution in [0.2, 0.25) is 0 Å². The molecule has 10 heavy (non-hydrogen) atoms. The quantitative estimate of drug-likeness (QED) is 0.482. The average Bonchev–Trinajstić information content (AvgIpc) is 2.05. The SMILES string of the molecule is C[C@H](C[NH3+])[NH+]1CCCCC1. The lowest BCUT2D eigenvalue weighted by Crippen LogP contribution is -3.17. The standard InChI is InChI=1S/C8H18N2/c1-8(7-9)10-5-3-2-4-6-10/h8H,2-7,9H2,1H3/p+2/t8-/m1/s1. The first-order chi connectivity index (χ1) is 4.84. The molecular formula is C8H20N2+2. The van der Waals surface area contributed by atoms with Crippen molar-refractivity contribution in [2.75, 3.05) is 19.6 Å². The van der Waals surface area contributed by atoms with Crippen molar-refractivity contribution in [3.05, 3.63) is 0 Å². The first-order valence-corrected chi connectivity index (χ1v) is 4.48. The molecule has 2 nitrogen and oxygen atoms in total. The normalized spacial score (nSPS) is 24.6. The van der Waals surface area contributed by atoms with Crippen LogP contribution in [0.5, 0.6) is 0 Å². The largest absolute Gasteiger partial charge is 0.353 e. The minimum Gasteiger partial charge on any atom is -0.353 e. The highest BCUT2D eigenvalue weighted by Crippen LogP contribution is 1.94. The molecule has 1 atom stereocenters. The van der Waals surface area contributed by atoms with Crippen LogP contribution in [0.25, 0.3) is 0 Å². The predicted octanol–water partition coefficient (Wildman–Crippen LogP) is -1.31. The van der Waals surface area contributed by atoms with Gasteiger partial charge in [0.2, 0.25) is 0 Å². The third-order valence-corrected chi connectivity index (χ3v) is 2.63. The maximum Gasteiger partial charge on any atom is 0.134 e. The molecule has 1 aliphatic rings. The van der Waals surface area contributed by atoms with Crippen LogP contribution in [0.3, 0.4) is 0 Å². The van der Waals surface area contributed by atoms with Crippen molar-refractivity contribution >= 4 is 0 Å². The lowest BCUT2D eigenvalue weighted by Gasteiger charge is -2.27. The second kappa shape index (κ2) is 3.94. The summed E-state index contributed by atoms with van der Waals surface area (Å²) < 4.78 is 0. The van der Waals surface area contributed by atoms with Crippen molar-refractivity contribution in [1.82, 2.24) is 0 Å². The number of hydrogen-bond acceptors (Lipinski definition) is 0. The van der Waals surface area contributed by atoms with Gasteiger partial charge in [-0.15, -0.1) is 0 Å². The molecule has 0 saturated carbocycles. The van der Waals surface area contributed by atoms with Gasteiger partial charge >= 0.3 is 0 Å². The third kappa shape index (κ3) is 1.96. The van der Waals surface area contributed by atoms with E-state index in [1.54, 1.807) is 4.90 Å². The van der Waals surface area contributed by atoms with E-state index in [1.807, 2.05) is 0 Å². The topological polar surface area (TPSA) is 32.1 Å². The molecule has 0 radical (unpaired) electrons. The minimum absolute atomic E-state index is 0.792. The van der Waals surface area contributed by atoms with E-state index in [9.17, 15) is 0 Å². The molecule has 0 amide bonds. The van der Waals surface area contributed by atoms with Gasteiger partial charge in [0, 0.05) is 0 Å². The molecule has 0 aromatic rings. The lowest BCUT2D eigenvalue weighted by molar-refractivity contribution is -0.933. The van der Waals surface area contributed by atoms with Gasteiger partial charge in [-0.25, -0.2) is 0 Å². The molecule has 0 aromatic heterocycles. The van der Waals surface area contributed by atoms with Crippen molar-refractivity contribution in [3.63, 3.8) is 0 Å². The monoisotopic (exact) mass is 144 g/mol. The Labute approximate surface area is 63.4 Å². The summed E-state index contributed by atoms with van der Waals surface area (Å²) in [4.78, 5) is 1.78. The number of hydrogen-bond donors (Lipinski definition) is 2. The third-order valence-electron chi connectivity index (χ3n) is 2.63. The van der Waals surface area contributed by atoms with Crippen LogP contribution in [0, 0.1) is 0 Å². The Hall–Kier alpha value is -0.0800. The van der Waals surface area contributed by atoms with E-state index in [0.717, 1.165) is 12.6 Å². The van der Waals surface area contributed by atoms with Gasteiger partial charge in [-0.05, 0) is 26.2 Å². The number of quaternary nitrogens is 2. The fourth-order valence-corrected chi connectivity index (χ4v) is 1.70. The van der Waals surface area contributed by atoms with Crippen molar-refractivity contribution in [1.29, 1.82) is 0 Å². The summed E-state index contributed by atoms with van der Waals surface area (Å²) in [7, 11) is 0. The Bertz CT molecular complexity index is 87.3. The molecule has 0 spiro atoms. The van der Waals surface area contributed by atoms with Crippen molar-refractivity contribution in [3.8, 4) is 0 Å². The van der Waals surface area contributed by atoms with Crippen LogP contribution in [0.4, 0.5) is 0 Å². The number of likely N-dealkylation sites (tertiary alicyclic amines) is 1. The number of nitrogens with one attached hydrogen (secondary N) is 1. The zero-order valence-electron chi connectivity index (χ0n) is 7.03. The van der Waals surface area contributed by atoms with Crippen LogP contribution < -0.4 is 10.6 Å². The molecule has 1 aliphatic heterocycles. The Balaban J connectivity index is 2.24. The van der Waals surface area contributed by atoms with E-state index >= 15 is 0 Å². The average molecular weight is 144 g/mol. The second-order valence-electron chi connectivity index (χ2n) is 3.41. The summed E-state index contributed by atoms with van der Waals surface area (Å²) in [6.07, 6.45) is 4.31. The first kappa shape index (κ1) is 8.02. The smallest absolute Gasteiger partial charge is 0.134 e. The summed E-state index contributed by atoms with van der Waals surface area (Å²) in [6, 6.07) is 0.792. The Kier molecular flexibility index (Phi) is 3.16. The van der Waals surface area contributed by atoms with Gasteiger partial charge in [-0.3, -0.25) is 0 Å². The first-order valence-electron chi connectivity index (χ1n) is 4.48. The maximum absolute atomic E-state index is 3.94. The molecule has 1 rings (SSSR count). The van der Waals surface area contributed by atoms with Gasteiger partial charge in [0.1, 0.15) is 12.6 Å². The van der Waals surface area contributed by atoms with Gasteiger partial charge in [-0.2, -0.15) is 0 Å². The van der Waals surface area contributed by atoms with Gasteiger partial charge in [0.15, 0.2) is 0 Å². The Morgan fingerprint density at radius 3 is 2.40 bits per heavy atom. The lowest BCUT2D eigenvalue weighted by atomic mass is 10.1. The highest BCUT2D eigenvalue weighted by atomic mass is 15.2. The maximum atomic E-state index is 3.94. The summed E-state index contributed by atoms with van der Waals surface area (Å²) in [6.45, 7) is 6.18. The highest BCUT2D eigenvalue weighted by molar-refractivity contribution is 4.49. The van der Waals surface area contributed by atoms with Crippen molar-refractivity contribution < 1.29 is 10.6 Å². The molecule has 0 aromatic carbocycles. The van der Waals surface area contributed by atoms with Gasteiger partial charge in [-0.1, -0.05) is 0 Å². The molecule has 0 aliphatic carbocycles. The van der Waals surface area contributed by atoms with Crippen molar-refractivity contribution in [2.24, 2.45) is 0 Å². The fourth-order valence-electron chi connectivity index (χ4n) is 1.70. The van der Waals surface area contributed by atoms with E-state index in [1.165, 1.54) is 32.4 Å².